The highest BCUT2D eigenvalue weighted by atomic mass is 19.1. The van der Waals surface area contributed by atoms with Gasteiger partial charge in [-0.25, -0.2) is 14.0 Å². The Bertz CT molecular complexity index is 934. The van der Waals surface area contributed by atoms with Crippen LogP contribution in [0.25, 0.3) is 10.8 Å². The molecule has 0 spiro atoms. The molecule has 0 aromatic heterocycles. The van der Waals surface area contributed by atoms with Gasteiger partial charge in [-0.15, -0.1) is 0 Å². The van der Waals surface area contributed by atoms with Gasteiger partial charge in [-0.3, -0.25) is 0 Å². The summed E-state index contributed by atoms with van der Waals surface area (Å²) in [6.07, 6.45) is 0. The molecular formula is C21H19FO4. The predicted octanol–water partition coefficient (Wildman–Crippen LogP) is 4.55. The molecule has 0 aliphatic carbocycles. The van der Waals surface area contributed by atoms with Crippen LogP contribution in [0.3, 0.4) is 0 Å². The van der Waals surface area contributed by atoms with Crippen molar-refractivity contribution in [3.63, 3.8) is 0 Å². The van der Waals surface area contributed by atoms with Gasteiger partial charge >= 0.3 is 11.9 Å². The van der Waals surface area contributed by atoms with E-state index < -0.39 is 11.8 Å². The first-order valence-electron chi connectivity index (χ1n) is 7.88. The normalized spacial score (nSPS) is 9.85. The zero-order valence-corrected chi connectivity index (χ0v) is 14.8. The van der Waals surface area contributed by atoms with Gasteiger partial charge in [0.1, 0.15) is 5.82 Å². The molecule has 3 rings (SSSR count). The maximum absolute atomic E-state index is 13.0. The second kappa shape index (κ2) is 8.76. The average molecular weight is 354 g/mol. The monoisotopic (exact) mass is 354 g/mol. The number of benzene rings is 3. The lowest BCUT2D eigenvalue weighted by Gasteiger charge is -2.01. The summed E-state index contributed by atoms with van der Waals surface area (Å²) in [5.41, 5.74) is 1.34. The minimum Gasteiger partial charge on any atom is -0.465 e. The Morgan fingerprint density at radius 3 is 2.08 bits per heavy atom. The standard InChI is InChI=1S/C12H10O2.C9H9FO2/c1-14-12(13)11-7-6-9-4-2-3-5-10(9)8-11;1-6-3-4-7(8(10)5-6)9(11)12-2/h2-8H,1H3;3-5H,1-2H3. The summed E-state index contributed by atoms with van der Waals surface area (Å²) in [6.45, 7) is 1.75. The van der Waals surface area contributed by atoms with Crippen LogP contribution < -0.4 is 0 Å². The first kappa shape index (κ1) is 19.1. The Balaban J connectivity index is 0.000000190. The topological polar surface area (TPSA) is 52.6 Å². The van der Waals surface area contributed by atoms with E-state index in [0.29, 0.717) is 5.56 Å². The Morgan fingerprint density at radius 2 is 1.46 bits per heavy atom. The van der Waals surface area contributed by atoms with Gasteiger partial charge in [-0.05, 0) is 47.5 Å². The van der Waals surface area contributed by atoms with Crippen LogP contribution in [-0.2, 0) is 9.47 Å². The molecule has 0 radical (unpaired) electrons. The van der Waals surface area contributed by atoms with Crippen molar-refractivity contribution in [2.75, 3.05) is 14.2 Å². The molecule has 0 aliphatic rings. The van der Waals surface area contributed by atoms with E-state index in [9.17, 15) is 14.0 Å². The average Bonchev–Trinajstić information content (AvgIpc) is 2.67. The first-order valence-corrected chi connectivity index (χ1v) is 7.88. The summed E-state index contributed by atoms with van der Waals surface area (Å²) in [4.78, 5) is 22.1. The molecule has 0 saturated carbocycles. The number of rotatable bonds is 2. The summed E-state index contributed by atoms with van der Waals surface area (Å²) in [7, 11) is 2.61. The molecule has 26 heavy (non-hydrogen) atoms. The molecule has 4 nitrogen and oxygen atoms in total. The summed E-state index contributed by atoms with van der Waals surface area (Å²) in [5, 5.41) is 2.18. The SMILES string of the molecule is COC(=O)c1ccc(C)cc1F.COC(=O)c1ccc2ccccc2c1. The van der Waals surface area contributed by atoms with Crippen molar-refractivity contribution in [2.45, 2.75) is 6.92 Å². The molecule has 0 N–H and O–H groups in total. The van der Waals surface area contributed by atoms with Crippen LogP contribution in [0, 0.1) is 12.7 Å². The van der Waals surface area contributed by atoms with Gasteiger partial charge in [0.15, 0.2) is 0 Å². The molecule has 0 bridgehead atoms. The number of aryl methyl sites for hydroxylation is 1. The van der Waals surface area contributed by atoms with Crippen molar-refractivity contribution in [1.82, 2.24) is 0 Å². The number of esters is 2. The quantitative estimate of drug-likeness (QED) is 0.634. The maximum Gasteiger partial charge on any atom is 0.340 e. The number of ether oxygens (including phenoxy) is 2. The first-order chi connectivity index (χ1) is 12.5. The van der Waals surface area contributed by atoms with Crippen LogP contribution >= 0.6 is 0 Å². The lowest BCUT2D eigenvalue weighted by atomic mass is 10.1. The number of hydrogen-bond acceptors (Lipinski definition) is 4. The third-order valence-corrected chi connectivity index (χ3v) is 3.70. The number of halogens is 1. The molecule has 3 aromatic rings. The molecule has 0 amide bonds. The molecule has 0 saturated heterocycles. The van der Waals surface area contributed by atoms with E-state index in [1.807, 2.05) is 36.4 Å². The van der Waals surface area contributed by atoms with Crippen LogP contribution in [0.15, 0.2) is 60.7 Å². The molecule has 3 aromatic carbocycles. The van der Waals surface area contributed by atoms with E-state index in [-0.39, 0.29) is 11.5 Å². The largest absolute Gasteiger partial charge is 0.465 e. The van der Waals surface area contributed by atoms with E-state index in [4.69, 9.17) is 0 Å². The van der Waals surface area contributed by atoms with Crippen LogP contribution in [0.1, 0.15) is 26.3 Å². The van der Waals surface area contributed by atoms with E-state index in [1.165, 1.54) is 26.4 Å². The molecule has 0 unspecified atom stereocenters. The third kappa shape index (κ3) is 4.66. The molecule has 0 atom stereocenters. The van der Waals surface area contributed by atoms with Crippen molar-refractivity contribution >= 4 is 22.7 Å². The second-order valence-electron chi connectivity index (χ2n) is 5.53. The van der Waals surface area contributed by atoms with Crippen LogP contribution in [0.5, 0.6) is 0 Å². The summed E-state index contributed by atoms with van der Waals surface area (Å²) >= 11 is 0. The van der Waals surface area contributed by atoms with Crippen molar-refractivity contribution in [3.8, 4) is 0 Å². The number of fused-ring (bicyclic) bond motifs is 1. The highest BCUT2D eigenvalue weighted by molar-refractivity contribution is 5.95. The van der Waals surface area contributed by atoms with E-state index in [0.717, 1.165) is 16.3 Å². The fourth-order valence-electron chi connectivity index (χ4n) is 2.33. The molecule has 0 fully saturated rings. The molecule has 5 heteroatoms. The van der Waals surface area contributed by atoms with Gasteiger partial charge in [0.2, 0.25) is 0 Å². The van der Waals surface area contributed by atoms with Gasteiger partial charge in [0, 0.05) is 0 Å². The summed E-state index contributed by atoms with van der Waals surface area (Å²) in [5.74, 6) is -1.48. The maximum atomic E-state index is 13.0. The van der Waals surface area contributed by atoms with E-state index in [1.54, 1.807) is 19.1 Å². The van der Waals surface area contributed by atoms with Crippen LogP contribution in [-0.4, -0.2) is 26.2 Å². The minimum atomic E-state index is -0.646. The van der Waals surface area contributed by atoms with Gasteiger partial charge in [-0.2, -0.15) is 0 Å². The molecule has 134 valence electrons. The van der Waals surface area contributed by atoms with Crippen LogP contribution in [0.4, 0.5) is 4.39 Å². The van der Waals surface area contributed by atoms with Gasteiger partial charge in [0.05, 0.1) is 25.3 Å². The lowest BCUT2D eigenvalue weighted by Crippen LogP contribution is -2.04. The Hall–Kier alpha value is -3.21. The Labute approximate surface area is 151 Å². The van der Waals surface area contributed by atoms with E-state index in [2.05, 4.69) is 9.47 Å². The minimum absolute atomic E-state index is 0.0249. The number of carbonyl (C=O) groups excluding carboxylic acids is 2. The second-order valence-corrected chi connectivity index (χ2v) is 5.53. The van der Waals surface area contributed by atoms with Crippen molar-refractivity contribution in [1.29, 1.82) is 0 Å². The molecular weight excluding hydrogens is 335 g/mol. The van der Waals surface area contributed by atoms with Crippen molar-refractivity contribution in [3.05, 3.63) is 83.2 Å². The predicted molar refractivity (Wildman–Crippen MR) is 97.8 cm³/mol. The summed E-state index contributed by atoms with van der Waals surface area (Å²) < 4.78 is 22.0. The highest BCUT2D eigenvalue weighted by Crippen LogP contribution is 2.16. The zero-order chi connectivity index (χ0) is 19.1. The van der Waals surface area contributed by atoms with Crippen molar-refractivity contribution in [2.24, 2.45) is 0 Å². The van der Waals surface area contributed by atoms with E-state index >= 15 is 0 Å². The van der Waals surface area contributed by atoms with Gasteiger partial charge in [-0.1, -0.05) is 36.4 Å². The lowest BCUT2D eigenvalue weighted by molar-refractivity contribution is 0.0588. The number of carbonyl (C=O) groups is 2. The number of hydrogen-bond donors (Lipinski definition) is 0. The Morgan fingerprint density at radius 1 is 0.808 bits per heavy atom. The highest BCUT2D eigenvalue weighted by Gasteiger charge is 2.10. The fourth-order valence-corrected chi connectivity index (χ4v) is 2.33. The smallest absolute Gasteiger partial charge is 0.340 e. The third-order valence-electron chi connectivity index (χ3n) is 3.70. The molecule has 0 heterocycles. The molecule has 0 aliphatic heterocycles. The number of methoxy groups -OCH3 is 2. The van der Waals surface area contributed by atoms with Crippen LogP contribution in [0.2, 0.25) is 0 Å². The fraction of sp³-hybridized carbons (Fsp3) is 0.143. The Kier molecular flexibility index (Phi) is 6.44. The van der Waals surface area contributed by atoms with Crippen molar-refractivity contribution < 1.29 is 23.5 Å². The summed E-state index contributed by atoms with van der Waals surface area (Å²) in [6, 6.07) is 17.8. The zero-order valence-electron chi connectivity index (χ0n) is 14.8. The van der Waals surface area contributed by atoms with Gasteiger partial charge in [0.25, 0.3) is 0 Å². The van der Waals surface area contributed by atoms with Gasteiger partial charge < -0.3 is 9.47 Å².